The Bertz CT molecular complexity index is 764. The molecule has 8 heteroatoms. The summed E-state index contributed by atoms with van der Waals surface area (Å²) in [4.78, 5) is 18.1. The Morgan fingerprint density at radius 1 is 1.24 bits per heavy atom. The van der Waals surface area contributed by atoms with Crippen molar-refractivity contribution in [3.05, 3.63) is 58.2 Å². The zero-order chi connectivity index (χ0) is 18.0. The van der Waals surface area contributed by atoms with Gasteiger partial charge in [-0.3, -0.25) is 4.79 Å². The van der Waals surface area contributed by atoms with Crippen LogP contribution in [0.3, 0.4) is 0 Å². The van der Waals surface area contributed by atoms with Crippen molar-refractivity contribution in [2.75, 3.05) is 18.0 Å². The minimum Gasteiger partial charge on any atom is -0.354 e. The maximum atomic E-state index is 12.6. The number of halogens is 4. The molecule has 0 aliphatic carbocycles. The van der Waals surface area contributed by atoms with Gasteiger partial charge in [-0.1, -0.05) is 12.1 Å². The van der Waals surface area contributed by atoms with Crippen LogP contribution in [0.15, 0.2) is 47.1 Å². The van der Waals surface area contributed by atoms with Gasteiger partial charge in [0.05, 0.1) is 11.1 Å². The minimum atomic E-state index is -4.39. The van der Waals surface area contributed by atoms with Gasteiger partial charge in [-0.25, -0.2) is 4.98 Å². The lowest BCUT2D eigenvalue weighted by atomic mass is 10.2. The quantitative estimate of drug-likeness (QED) is 0.830. The SMILES string of the molecule is O=C(NC1CCN(c2ccc(C(F)(F)F)cn2)C1)c1ccccc1Br. The molecule has 1 amide bonds. The van der Waals surface area contributed by atoms with Gasteiger partial charge in [0.25, 0.3) is 5.91 Å². The van der Waals surface area contributed by atoms with E-state index in [1.807, 2.05) is 11.0 Å². The fraction of sp³-hybridized carbons (Fsp3) is 0.294. The molecule has 1 aromatic heterocycles. The van der Waals surface area contributed by atoms with E-state index in [0.717, 1.165) is 12.3 Å². The van der Waals surface area contributed by atoms with Crippen LogP contribution in [0.5, 0.6) is 0 Å². The molecule has 3 rings (SSSR count). The van der Waals surface area contributed by atoms with Gasteiger partial charge in [-0.2, -0.15) is 13.2 Å². The van der Waals surface area contributed by atoms with Crippen molar-refractivity contribution in [1.29, 1.82) is 0 Å². The summed E-state index contributed by atoms with van der Waals surface area (Å²) in [6, 6.07) is 9.44. The third-order valence-corrected chi connectivity index (χ3v) is 4.73. The number of benzene rings is 1. The summed E-state index contributed by atoms with van der Waals surface area (Å²) in [6.07, 6.45) is -2.85. The number of aromatic nitrogens is 1. The maximum absolute atomic E-state index is 12.6. The molecule has 2 aromatic rings. The first-order valence-electron chi connectivity index (χ1n) is 7.68. The number of rotatable bonds is 3. The van der Waals surface area contributed by atoms with Gasteiger partial charge in [-0.05, 0) is 46.6 Å². The number of hydrogen-bond donors (Lipinski definition) is 1. The fourth-order valence-corrected chi connectivity index (χ4v) is 3.20. The fourth-order valence-electron chi connectivity index (χ4n) is 2.74. The molecule has 1 saturated heterocycles. The summed E-state index contributed by atoms with van der Waals surface area (Å²) in [7, 11) is 0. The van der Waals surface area contributed by atoms with Gasteiger partial charge in [0.2, 0.25) is 0 Å². The van der Waals surface area contributed by atoms with Crippen molar-refractivity contribution in [2.45, 2.75) is 18.6 Å². The van der Waals surface area contributed by atoms with Gasteiger partial charge in [0.15, 0.2) is 0 Å². The minimum absolute atomic E-state index is 0.0799. The molecule has 1 aliphatic heterocycles. The smallest absolute Gasteiger partial charge is 0.354 e. The Morgan fingerprint density at radius 3 is 2.64 bits per heavy atom. The largest absolute Gasteiger partial charge is 0.417 e. The number of nitrogens with one attached hydrogen (secondary N) is 1. The van der Waals surface area contributed by atoms with E-state index in [1.54, 1.807) is 18.2 Å². The number of anilines is 1. The van der Waals surface area contributed by atoms with Crippen LogP contribution in [0.2, 0.25) is 0 Å². The summed E-state index contributed by atoms with van der Waals surface area (Å²) >= 11 is 3.34. The summed E-state index contributed by atoms with van der Waals surface area (Å²) in [5, 5.41) is 2.95. The van der Waals surface area contributed by atoms with Crippen LogP contribution in [0, 0.1) is 0 Å². The molecule has 2 heterocycles. The van der Waals surface area contributed by atoms with Crippen LogP contribution in [0.1, 0.15) is 22.3 Å². The van der Waals surface area contributed by atoms with E-state index >= 15 is 0 Å². The molecule has 0 saturated carbocycles. The Hall–Kier alpha value is -2.09. The molecular formula is C17H15BrF3N3O. The Labute approximate surface area is 151 Å². The predicted molar refractivity (Wildman–Crippen MR) is 91.5 cm³/mol. The van der Waals surface area contributed by atoms with Crippen molar-refractivity contribution in [3.63, 3.8) is 0 Å². The molecule has 1 unspecified atom stereocenters. The highest BCUT2D eigenvalue weighted by atomic mass is 79.9. The van der Waals surface area contributed by atoms with Gasteiger partial charge >= 0.3 is 6.18 Å². The van der Waals surface area contributed by atoms with Crippen LogP contribution in [-0.2, 0) is 6.18 Å². The Kier molecular flexibility index (Phi) is 4.99. The summed E-state index contributed by atoms with van der Waals surface area (Å²) in [6.45, 7) is 1.13. The first kappa shape index (κ1) is 17.7. The molecule has 132 valence electrons. The molecule has 0 bridgehead atoms. The van der Waals surface area contributed by atoms with Crippen LogP contribution < -0.4 is 10.2 Å². The first-order chi connectivity index (χ1) is 11.8. The van der Waals surface area contributed by atoms with E-state index in [0.29, 0.717) is 35.4 Å². The van der Waals surface area contributed by atoms with E-state index in [9.17, 15) is 18.0 Å². The normalized spacial score (nSPS) is 17.6. The van der Waals surface area contributed by atoms with Crippen molar-refractivity contribution in [2.24, 2.45) is 0 Å². The number of carbonyl (C=O) groups is 1. The third-order valence-electron chi connectivity index (χ3n) is 4.04. The lowest BCUT2D eigenvalue weighted by Gasteiger charge is -2.18. The van der Waals surface area contributed by atoms with Gasteiger partial charge in [-0.15, -0.1) is 0 Å². The number of carbonyl (C=O) groups excluding carboxylic acids is 1. The number of alkyl halides is 3. The molecule has 1 fully saturated rings. The number of pyridine rings is 1. The Morgan fingerprint density at radius 2 is 2.00 bits per heavy atom. The van der Waals surface area contributed by atoms with Crippen LogP contribution >= 0.6 is 15.9 Å². The second-order valence-corrected chi connectivity index (χ2v) is 6.64. The van der Waals surface area contributed by atoms with E-state index in [-0.39, 0.29) is 11.9 Å². The monoisotopic (exact) mass is 413 g/mol. The highest BCUT2D eigenvalue weighted by molar-refractivity contribution is 9.10. The summed E-state index contributed by atoms with van der Waals surface area (Å²) in [5.74, 6) is 0.297. The van der Waals surface area contributed by atoms with Crippen molar-refractivity contribution >= 4 is 27.7 Å². The van der Waals surface area contributed by atoms with Crippen LogP contribution in [-0.4, -0.2) is 30.0 Å². The Balaban J connectivity index is 1.62. The summed E-state index contributed by atoms with van der Waals surface area (Å²) < 4.78 is 38.5. The first-order valence-corrected chi connectivity index (χ1v) is 8.47. The number of nitrogens with zero attached hydrogens (tertiary/aromatic N) is 2. The highest BCUT2D eigenvalue weighted by Crippen LogP contribution is 2.30. The lowest BCUT2D eigenvalue weighted by molar-refractivity contribution is -0.137. The zero-order valence-corrected chi connectivity index (χ0v) is 14.6. The molecule has 1 N–H and O–H groups in total. The molecule has 1 aliphatic rings. The molecule has 0 radical (unpaired) electrons. The average molecular weight is 414 g/mol. The third kappa shape index (κ3) is 4.12. The van der Waals surface area contributed by atoms with Crippen LogP contribution in [0.4, 0.5) is 19.0 Å². The standard InChI is InChI=1S/C17H15BrF3N3O/c18-14-4-2-1-3-13(14)16(25)23-12-7-8-24(10-12)15-6-5-11(9-22-15)17(19,20)21/h1-6,9,12H,7-8,10H2,(H,23,25). The molecule has 1 atom stereocenters. The zero-order valence-electron chi connectivity index (χ0n) is 13.1. The van der Waals surface area contributed by atoms with Gasteiger partial charge < -0.3 is 10.2 Å². The molecule has 1 aromatic carbocycles. The lowest BCUT2D eigenvalue weighted by Crippen LogP contribution is -2.37. The molecule has 25 heavy (non-hydrogen) atoms. The van der Waals surface area contributed by atoms with E-state index < -0.39 is 11.7 Å². The molecule has 0 spiro atoms. The average Bonchev–Trinajstić information content (AvgIpc) is 3.03. The van der Waals surface area contributed by atoms with Gasteiger partial charge in [0.1, 0.15) is 5.82 Å². The highest BCUT2D eigenvalue weighted by Gasteiger charge is 2.31. The summed E-state index contributed by atoms with van der Waals surface area (Å²) in [5.41, 5.74) is -0.220. The number of hydrogen-bond acceptors (Lipinski definition) is 3. The predicted octanol–water partition coefficient (Wildman–Crippen LogP) is 3.87. The van der Waals surface area contributed by atoms with Crippen molar-refractivity contribution < 1.29 is 18.0 Å². The molecular weight excluding hydrogens is 399 g/mol. The molecule has 4 nitrogen and oxygen atoms in total. The van der Waals surface area contributed by atoms with E-state index in [2.05, 4.69) is 26.2 Å². The second kappa shape index (κ2) is 7.03. The second-order valence-electron chi connectivity index (χ2n) is 5.79. The topological polar surface area (TPSA) is 45.2 Å². The van der Waals surface area contributed by atoms with E-state index in [4.69, 9.17) is 0 Å². The van der Waals surface area contributed by atoms with Crippen LogP contribution in [0.25, 0.3) is 0 Å². The van der Waals surface area contributed by atoms with E-state index in [1.165, 1.54) is 6.07 Å². The number of amides is 1. The van der Waals surface area contributed by atoms with Gasteiger partial charge in [0, 0.05) is 29.8 Å². The maximum Gasteiger partial charge on any atom is 0.417 e. The van der Waals surface area contributed by atoms with Crippen molar-refractivity contribution in [1.82, 2.24) is 10.3 Å². The van der Waals surface area contributed by atoms with Crippen molar-refractivity contribution in [3.8, 4) is 0 Å².